The number of carboxylic acid groups (broad SMARTS) is 2. The third kappa shape index (κ3) is 9.50. The normalized spacial score (nSPS) is 17.6. The summed E-state index contributed by atoms with van der Waals surface area (Å²) in [5, 5.41) is 15.6. The maximum atomic E-state index is 13.4. The van der Waals surface area contributed by atoms with Crippen molar-refractivity contribution in [3.05, 3.63) is 114 Å². The molecular formula is C29H29F2NO5. The molecule has 8 heteroatoms. The minimum absolute atomic E-state index is 0.214. The molecule has 3 aromatic rings. The average Bonchev–Trinajstić information content (AvgIpc) is 2.89. The number of hydrogen-bond donors (Lipinski definition) is 2. The lowest BCUT2D eigenvalue weighted by atomic mass is 9.80. The predicted molar refractivity (Wildman–Crippen MR) is 135 cm³/mol. The molecule has 1 saturated heterocycles. The van der Waals surface area contributed by atoms with Gasteiger partial charge < -0.3 is 14.9 Å². The van der Waals surface area contributed by atoms with Crippen molar-refractivity contribution in [1.82, 2.24) is 4.90 Å². The highest BCUT2D eigenvalue weighted by Crippen LogP contribution is 2.34. The third-order valence-electron chi connectivity index (χ3n) is 6.01. The fraction of sp³-hybridized carbons (Fsp3) is 0.241. The smallest absolute Gasteiger partial charge is 0.328 e. The molecule has 2 atom stereocenters. The number of carbonyl (C=O) groups is 2. The van der Waals surface area contributed by atoms with E-state index in [1.165, 1.54) is 29.8 Å². The Morgan fingerprint density at radius 3 is 2.00 bits per heavy atom. The predicted octanol–water partition coefficient (Wildman–Crippen LogP) is 5.36. The average molecular weight is 510 g/mol. The highest BCUT2D eigenvalue weighted by molar-refractivity contribution is 5.89. The maximum Gasteiger partial charge on any atom is 0.328 e. The van der Waals surface area contributed by atoms with Crippen molar-refractivity contribution < 1.29 is 33.3 Å². The molecule has 0 radical (unpaired) electrons. The SMILES string of the molecule is Fc1ccc(OC[C@H]2CN(Cc3ccccc3)CC[C@@H]2c2ccc(F)cc2)cc1.O=C(O)/C=C\C(=O)O. The van der Waals surface area contributed by atoms with Gasteiger partial charge in [0.05, 0.1) is 6.61 Å². The summed E-state index contributed by atoms with van der Waals surface area (Å²) in [7, 11) is 0. The van der Waals surface area contributed by atoms with Gasteiger partial charge in [-0.15, -0.1) is 0 Å². The second-order valence-corrected chi connectivity index (χ2v) is 8.70. The first-order valence-corrected chi connectivity index (χ1v) is 11.8. The molecule has 194 valence electrons. The second-order valence-electron chi connectivity index (χ2n) is 8.70. The third-order valence-corrected chi connectivity index (χ3v) is 6.01. The molecule has 0 aliphatic carbocycles. The fourth-order valence-electron chi connectivity index (χ4n) is 4.29. The molecule has 4 rings (SSSR count). The van der Waals surface area contributed by atoms with Crippen molar-refractivity contribution in [2.45, 2.75) is 18.9 Å². The van der Waals surface area contributed by atoms with Crippen LogP contribution in [0.4, 0.5) is 8.78 Å². The van der Waals surface area contributed by atoms with Crippen LogP contribution in [0.5, 0.6) is 5.75 Å². The van der Waals surface area contributed by atoms with Crippen LogP contribution in [0.15, 0.2) is 91.0 Å². The molecule has 1 aliphatic rings. The van der Waals surface area contributed by atoms with E-state index in [9.17, 15) is 18.4 Å². The Morgan fingerprint density at radius 1 is 0.865 bits per heavy atom. The lowest BCUT2D eigenvalue weighted by Gasteiger charge is -2.39. The zero-order valence-electron chi connectivity index (χ0n) is 20.2. The number of carboxylic acids is 2. The van der Waals surface area contributed by atoms with Gasteiger partial charge in [-0.25, -0.2) is 18.4 Å². The number of rotatable bonds is 8. The van der Waals surface area contributed by atoms with Crippen LogP contribution in [0.1, 0.15) is 23.5 Å². The standard InChI is InChI=1S/C25H25F2NO.C4H4O4/c26-22-8-6-20(7-9-22)25-14-15-28(16-19-4-2-1-3-5-19)17-21(25)18-29-24-12-10-23(27)11-13-24;5-3(6)1-2-4(7)8/h1-13,21,25H,14-18H2;1-2H,(H,5,6)(H,7,8)/b;2-1-/t21-,25-;/m1./s1. The van der Waals surface area contributed by atoms with Gasteiger partial charge in [-0.2, -0.15) is 0 Å². The molecule has 0 saturated carbocycles. The van der Waals surface area contributed by atoms with Gasteiger partial charge in [0.2, 0.25) is 0 Å². The molecular weight excluding hydrogens is 480 g/mol. The summed E-state index contributed by atoms with van der Waals surface area (Å²) in [6.07, 6.45) is 2.11. The molecule has 6 nitrogen and oxygen atoms in total. The topological polar surface area (TPSA) is 87.1 Å². The fourth-order valence-corrected chi connectivity index (χ4v) is 4.29. The quantitative estimate of drug-likeness (QED) is 0.398. The van der Waals surface area contributed by atoms with Crippen molar-refractivity contribution in [3.8, 4) is 5.75 Å². The van der Waals surface area contributed by atoms with E-state index in [1.807, 2.05) is 18.2 Å². The first-order valence-electron chi connectivity index (χ1n) is 11.8. The zero-order valence-corrected chi connectivity index (χ0v) is 20.2. The largest absolute Gasteiger partial charge is 0.493 e. The lowest BCUT2D eigenvalue weighted by molar-refractivity contribution is -0.134. The highest BCUT2D eigenvalue weighted by Gasteiger charge is 2.31. The number of ether oxygens (including phenoxy) is 1. The number of likely N-dealkylation sites (tertiary alicyclic amines) is 1. The summed E-state index contributed by atoms with van der Waals surface area (Å²) in [4.78, 5) is 21.6. The molecule has 0 spiro atoms. The number of aliphatic carboxylic acids is 2. The van der Waals surface area contributed by atoms with E-state index in [4.69, 9.17) is 14.9 Å². The Hall–Kier alpha value is -4.04. The number of nitrogens with zero attached hydrogens (tertiary/aromatic N) is 1. The van der Waals surface area contributed by atoms with E-state index in [2.05, 4.69) is 29.2 Å². The molecule has 2 N–H and O–H groups in total. The van der Waals surface area contributed by atoms with Crippen LogP contribution in [0.25, 0.3) is 0 Å². The Bertz CT molecular complexity index is 1150. The van der Waals surface area contributed by atoms with Crippen LogP contribution in [0.2, 0.25) is 0 Å². The Balaban J connectivity index is 0.000000414. The van der Waals surface area contributed by atoms with Crippen molar-refractivity contribution >= 4 is 11.9 Å². The first-order chi connectivity index (χ1) is 17.8. The highest BCUT2D eigenvalue weighted by atomic mass is 19.1. The van der Waals surface area contributed by atoms with Gasteiger partial charge in [0, 0.05) is 31.2 Å². The van der Waals surface area contributed by atoms with Gasteiger partial charge >= 0.3 is 11.9 Å². The molecule has 1 fully saturated rings. The van der Waals surface area contributed by atoms with Crippen molar-refractivity contribution in [1.29, 1.82) is 0 Å². The van der Waals surface area contributed by atoms with E-state index in [-0.39, 0.29) is 17.6 Å². The minimum Gasteiger partial charge on any atom is -0.493 e. The Morgan fingerprint density at radius 2 is 1.43 bits per heavy atom. The van der Waals surface area contributed by atoms with E-state index in [1.54, 1.807) is 12.1 Å². The van der Waals surface area contributed by atoms with Gasteiger partial charge in [0.15, 0.2) is 0 Å². The Kier molecular flexibility index (Phi) is 10.3. The van der Waals surface area contributed by atoms with Crippen LogP contribution in [0.3, 0.4) is 0 Å². The minimum atomic E-state index is -1.26. The monoisotopic (exact) mass is 509 g/mol. The molecule has 0 unspecified atom stereocenters. The van der Waals surface area contributed by atoms with Gasteiger partial charge in [0.1, 0.15) is 17.4 Å². The van der Waals surface area contributed by atoms with Gasteiger partial charge in [0.25, 0.3) is 0 Å². The maximum absolute atomic E-state index is 13.4. The molecule has 0 amide bonds. The molecule has 1 aliphatic heterocycles. The summed E-state index contributed by atoms with van der Waals surface area (Å²) >= 11 is 0. The lowest BCUT2D eigenvalue weighted by Crippen LogP contribution is -2.41. The molecule has 3 aromatic carbocycles. The van der Waals surface area contributed by atoms with E-state index in [0.717, 1.165) is 31.6 Å². The van der Waals surface area contributed by atoms with Crippen molar-refractivity contribution in [2.75, 3.05) is 19.7 Å². The van der Waals surface area contributed by atoms with Crippen molar-refractivity contribution in [2.24, 2.45) is 5.92 Å². The zero-order chi connectivity index (χ0) is 26.6. The summed E-state index contributed by atoms with van der Waals surface area (Å²) < 4.78 is 32.6. The Labute approximate surface area is 214 Å². The van der Waals surface area contributed by atoms with Gasteiger partial charge in [-0.3, -0.25) is 4.90 Å². The van der Waals surface area contributed by atoms with E-state index in [0.29, 0.717) is 30.4 Å². The number of benzene rings is 3. The van der Waals surface area contributed by atoms with Crippen LogP contribution in [-0.4, -0.2) is 46.7 Å². The van der Waals surface area contributed by atoms with E-state index < -0.39 is 11.9 Å². The molecule has 0 bridgehead atoms. The van der Waals surface area contributed by atoms with Crippen LogP contribution < -0.4 is 4.74 Å². The van der Waals surface area contributed by atoms with Crippen molar-refractivity contribution in [3.63, 3.8) is 0 Å². The van der Waals surface area contributed by atoms with Crippen LogP contribution in [-0.2, 0) is 16.1 Å². The molecule has 37 heavy (non-hydrogen) atoms. The number of halogens is 2. The number of hydrogen-bond acceptors (Lipinski definition) is 4. The van der Waals surface area contributed by atoms with Crippen LogP contribution in [0, 0.1) is 17.6 Å². The van der Waals surface area contributed by atoms with Crippen LogP contribution >= 0.6 is 0 Å². The van der Waals surface area contributed by atoms with E-state index >= 15 is 0 Å². The van der Waals surface area contributed by atoms with Gasteiger partial charge in [-0.05, 0) is 66.4 Å². The summed E-state index contributed by atoms with van der Waals surface area (Å²) in [5.41, 5.74) is 2.45. The first kappa shape index (κ1) is 27.5. The second kappa shape index (κ2) is 13.9. The number of piperidine rings is 1. The summed E-state index contributed by atoms with van der Waals surface area (Å²) in [6, 6.07) is 23.4. The summed E-state index contributed by atoms with van der Waals surface area (Å²) in [6.45, 7) is 3.34. The molecule has 0 aromatic heterocycles. The van der Waals surface area contributed by atoms with Gasteiger partial charge in [-0.1, -0.05) is 42.5 Å². The molecule has 1 heterocycles. The summed E-state index contributed by atoms with van der Waals surface area (Å²) in [5.74, 6) is -1.75.